The number of carbonyl (C=O) groups excluding carboxylic acids is 2. The van der Waals surface area contributed by atoms with Gasteiger partial charge in [0.15, 0.2) is 11.5 Å². The number of aromatic nitrogens is 1. The first-order chi connectivity index (χ1) is 19.9. The molecule has 0 saturated carbocycles. The van der Waals surface area contributed by atoms with Gasteiger partial charge in [-0.2, -0.15) is 0 Å². The van der Waals surface area contributed by atoms with Crippen LogP contribution >= 0.6 is 11.8 Å². The van der Waals surface area contributed by atoms with Gasteiger partial charge < -0.3 is 23.5 Å². The molecule has 8 nitrogen and oxygen atoms in total. The first-order valence-electron chi connectivity index (χ1n) is 13.0. The second kappa shape index (κ2) is 12.3. The molecule has 1 aliphatic heterocycles. The summed E-state index contributed by atoms with van der Waals surface area (Å²) in [7, 11) is 3.19. The second-order valence-electron chi connectivity index (χ2n) is 9.27. The number of carbonyl (C=O) groups is 2. The van der Waals surface area contributed by atoms with E-state index in [1.54, 1.807) is 32.4 Å². The van der Waals surface area contributed by atoms with E-state index in [-0.39, 0.29) is 24.3 Å². The van der Waals surface area contributed by atoms with Crippen LogP contribution in [0.4, 0.5) is 4.79 Å². The summed E-state index contributed by atoms with van der Waals surface area (Å²) in [6.07, 6.45) is 1.78. The van der Waals surface area contributed by atoms with Crippen molar-refractivity contribution in [1.29, 1.82) is 0 Å². The molecule has 2 amide bonds. The molecule has 1 aliphatic rings. The maximum Gasteiger partial charge on any atom is 0.293 e. The number of rotatable bonds is 10. The lowest BCUT2D eigenvalue weighted by atomic mass is 10.2. The largest absolute Gasteiger partial charge is 0.497 e. The van der Waals surface area contributed by atoms with Gasteiger partial charge >= 0.3 is 0 Å². The van der Waals surface area contributed by atoms with Crippen LogP contribution in [0.2, 0.25) is 0 Å². The number of ether oxygens (including phenoxy) is 4. The first-order valence-corrected chi connectivity index (χ1v) is 13.8. The second-order valence-corrected chi connectivity index (χ2v) is 10.3. The van der Waals surface area contributed by atoms with Gasteiger partial charge in [-0.25, -0.2) is 0 Å². The molecule has 210 valence electrons. The molecule has 0 N–H and O–H groups in total. The zero-order valence-electron chi connectivity index (χ0n) is 23.2. The van der Waals surface area contributed by atoms with E-state index in [9.17, 15) is 9.59 Å². The molecule has 4 aromatic rings. The Hall–Kier alpha value is -4.63. The average Bonchev–Trinajstić information content (AvgIpc) is 3.42. The molecule has 0 atom stereocenters. The average molecular weight is 571 g/mol. The van der Waals surface area contributed by atoms with E-state index in [0.29, 0.717) is 22.2 Å². The molecule has 1 aromatic heterocycles. The number of benzene rings is 3. The molecule has 3 aromatic carbocycles. The van der Waals surface area contributed by atoms with Gasteiger partial charge in [-0.1, -0.05) is 12.1 Å². The third-order valence-electron chi connectivity index (χ3n) is 6.66. The number of imide groups is 1. The SMILES string of the molecule is COc1ccc(Oc2ccc(-n3c(C)cc(/C=C4\SC(=O)N(CCOc5ccccc5OC)C4=O)c3C)cc2)cc1. The lowest BCUT2D eigenvalue weighted by Crippen LogP contribution is -2.32. The van der Waals surface area contributed by atoms with Crippen molar-refractivity contribution in [3.63, 3.8) is 0 Å². The van der Waals surface area contributed by atoms with E-state index >= 15 is 0 Å². The monoisotopic (exact) mass is 570 g/mol. The van der Waals surface area contributed by atoms with Crippen molar-refractivity contribution in [2.45, 2.75) is 13.8 Å². The fraction of sp³-hybridized carbons (Fsp3) is 0.188. The zero-order chi connectivity index (χ0) is 28.9. The van der Waals surface area contributed by atoms with Crippen LogP contribution < -0.4 is 18.9 Å². The number of nitrogens with zero attached hydrogens (tertiary/aromatic N) is 2. The molecule has 1 saturated heterocycles. The van der Waals surface area contributed by atoms with Crippen LogP contribution in [0.5, 0.6) is 28.7 Å². The molecular formula is C32H30N2O6S. The number of hydrogen-bond donors (Lipinski definition) is 0. The molecule has 0 spiro atoms. The Morgan fingerprint density at radius 3 is 2.10 bits per heavy atom. The van der Waals surface area contributed by atoms with Crippen molar-refractivity contribution in [1.82, 2.24) is 9.47 Å². The van der Waals surface area contributed by atoms with Crippen LogP contribution in [-0.4, -0.2) is 48.0 Å². The third kappa shape index (κ3) is 6.10. The van der Waals surface area contributed by atoms with Crippen molar-refractivity contribution in [3.05, 3.63) is 101 Å². The normalized spacial score (nSPS) is 14.0. The molecular weight excluding hydrogens is 540 g/mol. The van der Waals surface area contributed by atoms with Gasteiger partial charge in [-0.15, -0.1) is 0 Å². The summed E-state index contributed by atoms with van der Waals surface area (Å²) in [4.78, 5) is 27.3. The maximum absolute atomic E-state index is 13.1. The molecule has 0 aliphatic carbocycles. The number of amides is 2. The predicted molar refractivity (Wildman–Crippen MR) is 159 cm³/mol. The highest BCUT2D eigenvalue weighted by molar-refractivity contribution is 8.18. The highest BCUT2D eigenvalue weighted by Crippen LogP contribution is 2.34. The lowest BCUT2D eigenvalue weighted by Gasteiger charge is -2.14. The highest BCUT2D eigenvalue weighted by atomic mass is 32.2. The molecule has 1 fully saturated rings. The van der Waals surface area contributed by atoms with E-state index in [1.165, 1.54) is 4.90 Å². The van der Waals surface area contributed by atoms with Crippen molar-refractivity contribution < 1.29 is 28.5 Å². The Bertz CT molecular complexity index is 1590. The standard InChI is InChI=1S/C32H30N2O6S/c1-21-19-23(20-30-31(35)33(32(36)41-30)17-18-39-29-8-6-5-7-28(29)38-4)22(2)34(21)24-9-11-26(12-10-24)40-27-15-13-25(37-3)14-16-27/h5-16,19-20H,17-18H2,1-4H3/b30-20-. The van der Waals surface area contributed by atoms with E-state index in [2.05, 4.69) is 4.57 Å². The molecule has 5 rings (SSSR count). The molecule has 41 heavy (non-hydrogen) atoms. The van der Waals surface area contributed by atoms with Crippen LogP contribution in [0.3, 0.4) is 0 Å². The fourth-order valence-corrected chi connectivity index (χ4v) is 5.45. The van der Waals surface area contributed by atoms with Gasteiger partial charge in [0.2, 0.25) is 0 Å². The van der Waals surface area contributed by atoms with Gasteiger partial charge in [0.25, 0.3) is 11.1 Å². The number of para-hydroxylation sites is 2. The number of methoxy groups -OCH3 is 2. The van der Waals surface area contributed by atoms with Gasteiger partial charge in [0, 0.05) is 17.1 Å². The smallest absolute Gasteiger partial charge is 0.293 e. The summed E-state index contributed by atoms with van der Waals surface area (Å²) in [5, 5.41) is -0.314. The maximum atomic E-state index is 13.1. The fourth-order valence-electron chi connectivity index (χ4n) is 4.59. The summed E-state index contributed by atoms with van der Waals surface area (Å²) in [5.41, 5.74) is 3.79. The summed E-state index contributed by atoms with van der Waals surface area (Å²) in [6, 6.07) is 24.5. The number of aryl methyl sites for hydroxylation is 1. The number of hydrogen-bond acceptors (Lipinski definition) is 7. The van der Waals surface area contributed by atoms with Crippen molar-refractivity contribution in [3.8, 4) is 34.4 Å². The minimum atomic E-state index is -0.325. The summed E-state index contributed by atoms with van der Waals surface area (Å²) < 4.78 is 24.3. The summed E-state index contributed by atoms with van der Waals surface area (Å²) in [6.45, 7) is 4.31. The van der Waals surface area contributed by atoms with Crippen molar-refractivity contribution in [2.75, 3.05) is 27.4 Å². The summed E-state index contributed by atoms with van der Waals surface area (Å²) in [5.74, 6) is 3.03. The Morgan fingerprint density at radius 2 is 1.44 bits per heavy atom. The van der Waals surface area contributed by atoms with Crippen molar-refractivity contribution >= 4 is 29.0 Å². The molecule has 2 heterocycles. The predicted octanol–water partition coefficient (Wildman–Crippen LogP) is 7.02. The van der Waals surface area contributed by atoms with Gasteiger partial charge in [-0.3, -0.25) is 14.5 Å². The first kappa shape index (κ1) is 27.9. The van der Waals surface area contributed by atoms with Gasteiger partial charge in [-0.05, 0) is 104 Å². The minimum absolute atomic E-state index is 0.143. The topological polar surface area (TPSA) is 79.2 Å². The quantitative estimate of drug-likeness (QED) is 0.190. The Morgan fingerprint density at radius 1 is 0.805 bits per heavy atom. The minimum Gasteiger partial charge on any atom is -0.497 e. The molecule has 0 unspecified atom stereocenters. The number of thioether (sulfide) groups is 1. The van der Waals surface area contributed by atoms with Crippen LogP contribution in [0.1, 0.15) is 17.0 Å². The van der Waals surface area contributed by atoms with E-state index < -0.39 is 0 Å². The van der Waals surface area contributed by atoms with Crippen LogP contribution in [-0.2, 0) is 4.79 Å². The van der Waals surface area contributed by atoms with E-state index in [4.69, 9.17) is 18.9 Å². The van der Waals surface area contributed by atoms with Gasteiger partial charge in [0.1, 0.15) is 23.9 Å². The van der Waals surface area contributed by atoms with E-state index in [0.717, 1.165) is 45.9 Å². The molecule has 0 bridgehead atoms. The summed E-state index contributed by atoms with van der Waals surface area (Å²) >= 11 is 0.940. The lowest BCUT2D eigenvalue weighted by molar-refractivity contribution is -0.123. The van der Waals surface area contributed by atoms with Crippen molar-refractivity contribution in [2.24, 2.45) is 0 Å². The Kier molecular flexibility index (Phi) is 8.35. The van der Waals surface area contributed by atoms with Crippen LogP contribution in [0, 0.1) is 13.8 Å². The molecule has 9 heteroatoms. The zero-order valence-corrected chi connectivity index (χ0v) is 24.1. The Labute approximate surface area is 243 Å². The van der Waals surface area contributed by atoms with Crippen LogP contribution in [0.25, 0.3) is 11.8 Å². The van der Waals surface area contributed by atoms with Crippen LogP contribution in [0.15, 0.2) is 83.8 Å². The third-order valence-corrected chi connectivity index (χ3v) is 7.57. The molecule has 0 radical (unpaired) electrons. The highest BCUT2D eigenvalue weighted by Gasteiger charge is 2.35. The Balaban J connectivity index is 1.27. The van der Waals surface area contributed by atoms with Gasteiger partial charge in [0.05, 0.1) is 25.7 Å². The van der Waals surface area contributed by atoms with E-state index in [1.807, 2.05) is 80.6 Å².